The van der Waals surface area contributed by atoms with Gasteiger partial charge in [-0.25, -0.2) is 9.67 Å². The smallest absolute Gasteiger partial charge is 0.255 e. The molecule has 0 aliphatic heterocycles. The van der Waals surface area contributed by atoms with Crippen molar-refractivity contribution in [2.45, 2.75) is 32.9 Å². The van der Waals surface area contributed by atoms with Gasteiger partial charge < -0.3 is 9.64 Å². The van der Waals surface area contributed by atoms with Crippen LogP contribution in [0.15, 0.2) is 67.1 Å². The van der Waals surface area contributed by atoms with E-state index in [1.165, 1.54) is 0 Å². The van der Waals surface area contributed by atoms with Gasteiger partial charge in [0.1, 0.15) is 0 Å². The molecule has 7 nitrogen and oxygen atoms in total. The molecule has 1 amide bonds. The zero-order chi connectivity index (χ0) is 23.2. The minimum atomic E-state index is -0.0456. The molecule has 0 aliphatic rings. The van der Waals surface area contributed by atoms with Crippen LogP contribution >= 0.6 is 0 Å². The number of ether oxygens (including phenoxy) is 1. The van der Waals surface area contributed by atoms with Crippen LogP contribution in [0.2, 0.25) is 0 Å². The molecule has 1 aromatic carbocycles. The molecule has 170 valence electrons. The number of aromatic nitrogens is 4. The number of rotatable bonds is 9. The van der Waals surface area contributed by atoms with Gasteiger partial charge in [-0.05, 0) is 44.0 Å². The van der Waals surface area contributed by atoms with Crippen LogP contribution in [-0.4, -0.2) is 50.8 Å². The Morgan fingerprint density at radius 3 is 2.58 bits per heavy atom. The fourth-order valence-electron chi connectivity index (χ4n) is 3.86. The Bertz CT molecular complexity index is 1210. The third kappa shape index (κ3) is 5.09. The predicted molar refractivity (Wildman–Crippen MR) is 129 cm³/mol. The fourth-order valence-corrected chi connectivity index (χ4v) is 3.86. The summed E-state index contributed by atoms with van der Waals surface area (Å²) in [4.78, 5) is 24.8. The van der Waals surface area contributed by atoms with Crippen molar-refractivity contribution in [3.05, 3.63) is 78.2 Å². The van der Waals surface area contributed by atoms with Gasteiger partial charge in [0.15, 0.2) is 5.65 Å². The number of benzene rings is 1. The highest BCUT2D eigenvalue weighted by atomic mass is 16.5. The summed E-state index contributed by atoms with van der Waals surface area (Å²) < 4.78 is 7.11. The van der Waals surface area contributed by atoms with E-state index in [-0.39, 0.29) is 11.9 Å². The van der Waals surface area contributed by atoms with Crippen molar-refractivity contribution in [1.29, 1.82) is 0 Å². The SMILES string of the molecule is COCCCN(Cc1ccncc1)C(=O)c1cc(-c2ccccc2)nc2c1cnn2C(C)C. The van der Waals surface area contributed by atoms with Crippen LogP contribution in [-0.2, 0) is 11.3 Å². The lowest BCUT2D eigenvalue weighted by Crippen LogP contribution is -2.32. The number of amides is 1. The Labute approximate surface area is 194 Å². The Balaban J connectivity index is 1.80. The van der Waals surface area contributed by atoms with Gasteiger partial charge in [0.05, 0.1) is 22.8 Å². The van der Waals surface area contributed by atoms with E-state index in [1.54, 1.807) is 25.7 Å². The van der Waals surface area contributed by atoms with Crippen molar-refractivity contribution in [2.24, 2.45) is 0 Å². The summed E-state index contributed by atoms with van der Waals surface area (Å²) in [5.74, 6) is -0.0456. The molecule has 4 aromatic rings. The topological polar surface area (TPSA) is 73.1 Å². The van der Waals surface area contributed by atoms with Crippen LogP contribution in [0.3, 0.4) is 0 Å². The maximum Gasteiger partial charge on any atom is 0.255 e. The van der Waals surface area contributed by atoms with E-state index in [0.717, 1.165) is 34.3 Å². The van der Waals surface area contributed by atoms with Crippen molar-refractivity contribution in [1.82, 2.24) is 24.6 Å². The molecular weight excluding hydrogens is 414 g/mol. The highest BCUT2D eigenvalue weighted by Gasteiger charge is 2.23. The van der Waals surface area contributed by atoms with Crippen molar-refractivity contribution >= 4 is 16.9 Å². The number of hydrogen-bond donors (Lipinski definition) is 0. The highest BCUT2D eigenvalue weighted by Crippen LogP contribution is 2.27. The molecule has 0 bridgehead atoms. The number of carbonyl (C=O) groups excluding carboxylic acids is 1. The summed E-state index contributed by atoms with van der Waals surface area (Å²) in [5.41, 5.74) is 4.08. The lowest BCUT2D eigenvalue weighted by Gasteiger charge is -2.23. The number of fused-ring (bicyclic) bond motifs is 1. The quantitative estimate of drug-likeness (QED) is 0.349. The fraction of sp³-hybridized carbons (Fsp3) is 0.308. The van der Waals surface area contributed by atoms with Crippen molar-refractivity contribution in [2.75, 3.05) is 20.3 Å². The minimum absolute atomic E-state index is 0.0456. The van der Waals surface area contributed by atoms with Gasteiger partial charge >= 0.3 is 0 Å². The number of methoxy groups -OCH3 is 1. The normalized spacial score (nSPS) is 11.3. The Hall–Kier alpha value is -3.58. The van der Waals surface area contributed by atoms with Crippen LogP contribution in [0, 0.1) is 0 Å². The predicted octanol–water partition coefficient (Wildman–Crippen LogP) is 4.75. The van der Waals surface area contributed by atoms with Crippen molar-refractivity contribution < 1.29 is 9.53 Å². The molecule has 3 aromatic heterocycles. The summed E-state index contributed by atoms with van der Waals surface area (Å²) in [6, 6.07) is 15.8. The van der Waals surface area contributed by atoms with Gasteiger partial charge in [-0.15, -0.1) is 0 Å². The lowest BCUT2D eigenvalue weighted by molar-refractivity contribution is 0.0725. The average Bonchev–Trinajstić information content (AvgIpc) is 3.28. The second kappa shape index (κ2) is 10.4. The lowest BCUT2D eigenvalue weighted by atomic mass is 10.1. The van der Waals surface area contributed by atoms with E-state index in [1.807, 2.05) is 58.1 Å². The molecule has 0 unspecified atom stereocenters. The average molecular weight is 444 g/mol. The monoisotopic (exact) mass is 443 g/mol. The first-order valence-electron chi connectivity index (χ1n) is 11.2. The summed E-state index contributed by atoms with van der Waals surface area (Å²) in [6.07, 6.45) is 6.00. The van der Waals surface area contributed by atoms with Gasteiger partial charge in [0.25, 0.3) is 5.91 Å². The number of carbonyl (C=O) groups is 1. The molecule has 7 heteroatoms. The first-order valence-corrected chi connectivity index (χ1v) is 11.2. The summed E-state index contributed by atoms with van der Waals surface area (Å²) >= 11 is 0. The molecule has 33 heavy (non-hydrogen) atoms. The second-order valence-corrected chi connectivity index (χ2v) is 8.27. The Morgan fingerprint density at radius 2 is 1.88 bits per heavy atom. The number of nitrogens with zero attached hydrogens (tertiary/aromatic N) is 5. The van der Waals surface area contributed by atoms with Crippen LogP contribution in [0.1, 0.15) is 42.2 Å². The zero-order valence-corrected chi connectivity index (χ0v) is 19.3. The van der Waals surface area contributed by atoms with E-state index >= 15 is 0 Å². The second-order valence-electron chi connectivity index (χ2n) is 8.27. The summed E-state index contributed by atoms with van der Waals surface area (Å²) in [5, 5.41) is 5.31. The maximum absolute atomic E-state index is 13.9. The van der Waals surface area contributed by atoms with Crippen LogP contribution in [0.4, 0.5) is 0 Å². The third-order valence-electron chi connectivity index (χ3n) is 5.54. The number of hydrogen-bond acceptors (Lipinski definition) is 5. The first kappa shape index (κ1) is 22.6. The van der Waals surface area contributed by atoms with Crippen LogP contribution < -0.4 is 0 Å². The van der Waals surface area contributed by atoms with E-state index in [2.05, 4.69) is 23.9 Å². The van der Waals surface area contributed by atoms with Crippen molar-refractivity contribution in [3.63, 3.8) is 0 Å². The molecule has 0 N–H and O–H groups in total. The van der Waals surface area contributed by atoms with Crippen molar-refractivity contribution in [3.8, 4) is 11.3 Å². The maximum atomic E-state index is 13.9. The van der Waals surface area contributed by atoms with E-state index < -0.39 is 0 Å². The van der Waals surface area contributed by atoms with Gasteiger partial charge in [0, 0.05) is 50.8 Å². The third-order valence-corrected chi connectivity index (χ3v) is 5.54. The highest BCUT2D eigenvalue weighted by molar-refractivity contribution is 6.06. The van der Waals surface area contributed by atoms with Gasteiger partial charge in [-0.3, -0.25) is 9.78 Å². The standard InChI is InChI=1S/C26H29N5O2/c1-19(2)31-25-23(17-28-31)22(16-24(29-25)21-8-5-4-6-9-21)26(32)30(14-7-15-33-3)18-20-10-12-27-13-11-20/h4-6,8-13,16-17,19H,7,14-15,18H2,1-3H3. The minimum Gasteiger partial charge on any atom is -0.385 e. The summed E-state index contributed by atoms with van der Waals surface area (Å²) in [6.45, 7) is 5.79. The Morgan fingerprint density at radius 1 is 1.12 bits per heavy atom. The van der Waals surface area contributed by atoms with Gasteiger partial charge in [-0.1, -0.05) is 30.3 Å². The molecule has 0 saturated carbocycles. The van der Waals surface area contributed by atoms with E-state index in [9.17, 15) is 4.79 Å². The van der Waals surface area contributed by atoms with Gasteiger partial charge in [0.2, 0.25) is 0 Å². The molecule has 0 aliphatic carbocycles. The molecule has 0 saturated heterocycles. The molecule has 0 atom stereocenters. The van der Waals surface area contributed by atoms with E-state index in [0.29, 0.717) is 25.3 Å². The molecular formula is C26H29N5O2. The first-order chi connectivity index (χ1) is 16.1. The molecule has 3 heterocycles. The molecule has 0 spiro atoms. The van der Waals surface area contributed by atoms with Gasteiger partial charge in [-0.2, -0.15) is 5.10 Å². The molecule has 0 radical (unpaired) electrons. The molecule has 4 rings (SSSR count). The number of pyridine rings is 2. The largest absolute Gasteiger partial charge is 0.385 e. The summed E-state index contributed by atoms with van der Waals surface area (Å²) in [7, 11) is 1.67. The van der Waals surface area contributed by atoms with Crippen LogP contribution in [0.5, 0.6) is 0 Å². The Kier molecular flexibility index (Phi) is 7.10. The van der Waals surface area contributed by atoms with Crippen LogP contribution in [0.25, 0.3) is 22.3 Å². The molecule has 0 fully saturated rings. The van der Waals surface area contributed by atoms with E-state index in [4.69, 9.17) is 9.72 Å². The zero-order valence-electron chi connectivity index (χ0n) is 19.3.